The molecule has 0 spiro atoms. The number of amides is 1. The smallest absolute Gasteiger partial charge is 0.226 e. The maximum Gasteiger partial charge on any atom is 0.226 e. The first-order valence-electron chi connectivity index (χ1n) is 10.0. The molecule has 4 aliphatic carbocycles. The van der Waals surface area contributed by atoms with E-state index in [0.717, 1.165) is 12.8 Å². The lowest BCUT2D eigenvalue weighted by atomic mass is 9.35. The number of nitrogens with two attached hydrogens (primary N) is 1. The van der Waals surface area contributed by atoms with Gasteiger partial charge in [-0.05, 0) is 68.2 Å². The quantitative estimate of drug-likeness (QED) is 0.637. The summed E-state index contributed by atoms with van der Waals surface area (Å²) in [4.78, 5) is 12.7. The largest absolute Gasteiger partial charge is 0.489 e. The van der Waals surface area contributed by atoms with Crippen molar-refractivity contribution in [3.05, 3.63) is 36.2 Å². The van der Waals surface area contributed by atoms with E-state index in [1.165, 1.54) is 18.6 Å². The summed E-state index contributed by atoms with van der Waals surface area (Å²) in [6.07, 6.45) is 5.69. The van der Waals surface area contributed by atoms with Gasteiger partial charge in [0.05, 0.1) is 22.4 Å². The van der Waals surface area contributed by atoms with Crippen LogP contribution < -0.4 is 15.8 Å². The van der Waals surface area contributed by atoms with Gasteiger partial charge in [-0.25, -0.2) is 12.8 Å². The van der Waals surface area contributed by atoms with E-state index in [1.807, 2.05) is 0 Å². The predicted molar refractivity (Wildman–Crippen MR) is 107 cm³/mol. The van der Waals surface area contributed by atoms with Crippen LogP contribution in [0.5, 0.6) is 5.75 Å². The Kier molecular flexibility index (Phi) is 5.19. The Balaban J connectivity index is 1.31. The number of ether oxygens (including phenoxy) is 1. The Morgan fingerprint density at radius 2 is 1.90 bits per heavy atom. The number of carbonyl (C=O) groups is 1. The number of benzene rings is 1. The van der Waals surface area contributed by atoms with Crippen LogP contribution in [-0.2, 0) is 14.6 Å². The van der Waals surface area contributed by atoms with E-state index >= 15 is 0 Å². The number of carbonyl (C=O) groups excluding carboxylic acids is 1. The van der Waals surface area contributed by atoms with E-state index in [0.29, 0.717) is 43.0 Å². The summed E-state index contributed by atoms with van der Waals surface area (Å²) in [5.74, 6) is 0.636. The summed E-state index contributed by atoms with van der Waals surface area (Å²) in [7, 11) is -3.45. The first kappa shape index (κ1) is 20.3. The zero-order valence-electron chi connectivity index (χ0n) is 16.3. The molecule has 0 radical (unpaired) electrons. The van der Waals surface area contributed by atoms with Crippen molar-refractivity contribution < 1.29 is 22.3 Å². The third-order valence-corrected chi connectivity index (χ3v) is 8.56. The van der Waals surface area contributed by atoms with Gasteiger partial charge in [-0.15, -0.1) is 0 Å². The Bertz CT molecular complexity index is 903. The molecule has 8 heteroatoms. The van der Waals surface area contributed by atoms with Gasteiger partial charge in [0.2, 0.25) is 5.91 Å². The van der Waals surface area contributed by atoms with E-state index < -0.39 is 9.84 Å². The molecule has 4 fully saturated rings. The number of rotatable bonds is 9. The summed E-state index contributed by atoms with van der Waals surface area (Å²) in [5, 5.41) is 3.11. The molecule has 0 saturated heterocycles. The van der Waals surface area contributed by atoms with Crippen molar-refractivity contribution in [2.75, 3.05) is 18.9 Å². The zero-order chi connectivity index (χ0) is 20.7. The molecule has 6 nitrogen and oxygen atoms in total. The predicted octanol–water partition coefficient (Wildman–Crippen LogP) is 2.49. The summed E-state index contributed by atoms with van der Waals surface area (Å²) in [6, 6.07) is 6.47. The SMILES string of the molecule is NCC(=CF)COc1ccc(S(=O)(=O)CC23CC(C(=O)NC4CCC4)(C2)C3)cc1. The molecule has 4 saturated carbocycles. The van der Waals surface area contributed by atoms with E-state index in [2.05, 4.69) is 5.32 Å². The van der Waals surface area contributed by atoms with E-state index in [9.17, 15) is 17.6 Å². The molecule has 0 heterocycles. The summed E-state index contributed by atoms with van der Waals surface area (Å²) in [6.45, 7) is 0.0818. The van der Waals surface area contributed by atoms with Crippen LogP contribution in [0.2, 0.25) is 0 Å². The van der Waals surface area contributed by atoms with Crippen molar-refractivity contribution in [2.24, 2.45) is 16.6 Å². The minimum absolute atomic E-state index is 0.0210. The van der Waals surface area contributed by atoms with E-state index in [4.69, 9.17) is 10.5 Å². The lowest BCUT2D eigenvalue weighted by Crippen LogP contribution is -2.70. The molecule has 29 heavy (non-hydrogen) atoms. The Labute approximate surface area is 170 Å². The molecule has 0 aliphatic heterocycles. The molecule has 158 valence electrons. The van der Waals surface area contributed by atoms with Crippen molar-refractivity contribution >= 4 is 15.7 Å². The number of hydrogen-bond acceptors (Lipinski definition) is 5. The third-order valence-electron chi connectivity index (χ3n) is 6.58. The maximum absolute atomic E-state index is 12.8. The topological polar surface area (TPSA) is 98.5 Å². The summed E-state index contributed by atoms with van der Waals surface area (Å²) >= 11 is 0. The van der Waals surface area contributed by atoms with Gasteiger partial charge in [0, 0.05) is 18.2 Å². The Morgan fingerprint density at radius 1 is 1.24 bits per heavy atom. The van der Waals surface area contributed by atoms with Crippen LogP contribution in [0, 0.1) is 10.8 Å². The van der Waals surface area contributed by atoms with Crippen molar-refractivity contribution in [2.45, 2.75) is 49.5 Å². The van der Waals surface area contributed by atoms with E-state index in [1.54, 1.807) is 12.1 Å². The standard InChI is InChI=1S/C21H27FN2O4S/c22-8-15(9-23)10-28-17-4-6-18(7-5-17)29(26,27)14-20-11-21(12-20,13-20)19(25)24-16-2-1-3-16/h4-8,16H,1-3,9-14,23H2,(H,24,25). The van der Waals surface area contributed by atoms with Crippen LogP contribution in [-0.4, -0.2) is 39.3 Å². The van der Waals surface area contributed by atoms with Crippen LogP contribution >= 0.6 is 0 Å². The minimum atomic E-state index is -3.45. The number of halogens is 1. The fraction of sp³-hybridized carbons (Fsp3) is 0.571. The number of hydrogen-bond donors (Lipinski definition) is 2. The van der Waals surface area contributed by atoms with Gasteiger partial charge < -0.3 is 15.8 Å². The van der Waals surface area contributed by atoms with Crippen LogP contribution in [0.1, 0.15) is 38.5 Å². The zero-order valence-corrected chi connectivity index (χ0v) is 17.1. The van der Waals surface area contributed by atoms with Gasteiger partial charge in [0.1, 0.15) is 12.4 Å². The molecule has 1 aromatic rings. The van der Waals surface area contributed by atoms with Crippen LogP contribution in [0.25, 0.3) is 0 Å². The second kappa shape index (κ2) is 7.40. The number of nitrogens with one attached hydrogen (secondary N) is 1. The van der Waals surface area contributed by atoms with Crippen LogP contribution in [0.3, 0.4) is 0 Å². The molecule has 2 bridgehead atoms. The molecule has 5 rings (SSSR count). The highest BCUT2D eigenvalue weighted by Gasteiger charge is 2.72. The molecule has 0 unspecified atom stereocenters. The highest BCUT2D eigenvalue weighted by atomic mass is 32.2. The number of sulfone groups is 1. The van der Waals surface area contributed by atoms with Crippen LogP contribution in [0.4, 0.5) is 4.39 Å². The first-order valence-corrected chi connectivity index (χ1v) is 11.7. The third kappa shape index (κ3) is 3.80. The van der Waals surface area contributed by atoms with Crippen molar-refractivity contribution in [3.63, 3.8) is 0 Å². The van der Waals surface area contributed by atoms with Crippen molar-refractivity contribution in [1.29, 1.82) is 0 Å². The maximum atomic E-state index is 12.8. The van der Waals surface area contributed by atoms with Gasteiger partial charge in [-0.3, -0.25) is 4.79 Å². The summed E-state index contributed by atoms with van der Waals surface area (Å²) < 4.78 is 43.6. The second-order valence-corrected chi connectivity index (χ2v) is 10.9. The molecule has 0 atom stereocenters. The minimum Gasteiger partial charge on any atom is -0.489 e. The van der Waals surface area contributed by atoms with Gasteiger partial charge in [-0.1, -0.05) is 0 Å². The molecule has 4 aliphatic rings. The monoisotopic (exact) mass is 422 g/mol. The average Bonchev–Trinajstić information content (AvgIpc) is 2.61. The average molecular weight is 423 g/mol. The Morgan fingerprint density at radius 3 is 2.41 bits per heavy atom. The van der Waals surface area contributed by atoms with Crippen molar-refractivity contribution in [1.82, 2.24) is 5.32 Å². The second-order valence-electron chi connectivity index (χ2n) is 8.90. The normalized spacial score (nSPS) is 28.7. The Hall–Kier alpha value is -1.93. The molecule has 0 aromatic heterocycles. The fourth-order valence-electron chi connectivity index (χ4n) is 4.82. The molecule has 1 amide bonds. The molecular weight excluding hydrogens is 395 g/mol. The first-order chi connectivity index (χ1) is 13.8. The lowest BCUT2D eigenvalue weighted by Gasteiger charge is -2.69. The molecular formula is C21H27FN2O4S. The molecule has 1 aromatic carbocycles. The van der Waals surface area contributed by atoms with Gasteiger partial charge in [-0.2, -0.15) is 0 Å². The van der Waals surface area contributed by atoms with Gasteiger partial charge >= 0.3 is 0 Å². The highest BCUT2D eigenvalue weighted by molar-refractivity contribution is 7.91. The highest BCUT2D eigenvalue weighted by Crippen LogP contribution is 2.74. The van der Waals surface area contributed by atoms with Crippen LogP contribution in [0.15, 0.2) is 41.1 Å². The van der Waals surface area contributed by atoms with Crippen molar-refractivity contribution in [3.8, 4) is 5.75 Å². The van der Waals surface area contributed by atoms with Gasteiger partial charge in [0.25, 0.3) is 0 Å². The lowest BCUT2D eigenvalue weighted by molar-refractivity contribution is -0.199. The molecule has 3 N–H and O–H groups in total. The van der Waals surface area contributed by atoms with E-state index in [-0.39, 0.29) is 40.5 Å². The fourth-order valence-corrected chi connectivity index (χ4v) is 6.65. The van der Waals surface area contributed by atoms with Gasteiger partial charge in [0.15, 0.2) is 9.84 Å². The summed E-state index contributed by atoms with van der Waals surface area (Å²) in [5.41, 5.74) is 5.12.